The molecule has 2 aromatic rings. The first-order valence-corrected chi connectivity index (χ1v) is 6.46. The van der Waals surface area contributed by atoms with Crippen LogP contribution in [0, 0.1) is 0 Å². The first kappa shape index (κ1) is 11.3. The van der Waals surface area contributed by atoms with E-state index in [1.165, 1.54) is 12.8 Å². The molecule has 0 bridgehead atoms. The number of hydrogen-bond acceptors (Lipinski definition) is 2. The van der Waals surface area contributed by atoms with Crippen LogP contribution in [0.1, 0.15) is 36.0 Å². The van der Waals surface area contributed by atoms with E-state index in [1.807, 2.05) is 29.8 Å². The Labute approximate surface area is 106 Å². The van der Waals surface area contributed by atoms with Crippen LogP contribution >= 0.6 is 0 Å². The number of rotatable bonds is 2. The average molecular weight is 243 g/mol. The van der Waals surface area contributed by atoms with Crippen molar-refractivity contribution in [3.05, 3.63) is 30.1 Å². The van der Waals surface area contributed by atoms with Crippen LogP contribution in [-0.2, 0) is 7.05 Å². The summed E-state index contributed by atoms with van der Waals surface area (Å²) in [6, 6.07) is 6.02. The maximum absolute atomic E-state index is 12.1. The standard InChI is InChI=1S/C14H17N3O/c1-17-9-15-12-7-6-10(8-13(12)17)14(18)16-11-4-2-3-5-11/h6-9,11H,2-5H2,1H3,(H,16,18). The van der Waals surface area contributed by atoms with Crippen LogP contribution in [-0.4, -0.2) is 21.5 Å². The van der Waals surface area contributed by atoms with E-state index in [0.29, 0.717) is 6.04 Å². The van der Waals surface area contributed by atoms with E-state index in [2.05, 4.69) is 10.3 Å². The minimum Gasteiger partial charge on any atom is -0.349 e. The number of aromatic nitrogens is 2. The Kier molecular flexibility index (Phi) is 2.78. The number of fused-ring (bicyclic) bond motifs is 1. The molecule has 1 aromatic carbocycles. The van der Waals surface area contributed by atoms with Crippen LogP contribution in [0.4, 0.5) is 0 Å². The van der Waals surface area contributed by atoms with Crippen molar-refractivity contribution in [2.45, 2.75) is 31.7 Å². The minimum atomic E-state index is 0.0324. The van der Waals surface area contributed by atoms with E-state index in [0.717, 1.165) is 29.4 Å². The van der Waals surface area contributed by atoms with Gasteiger partial charge in [-0.05, 0) is 31.0 Å². The summed E-state index contributed by atoms with van der Waals surface area (Å²) in [7, 11) is 1.94. The summed E-state index contributed by atoms with van der Waals surface area (Å²) in [4.78, 5) is 16.4. The molecular formula is C14H17N3O. The molecule has 1 aliphatic carbocycles. The number of nitrogens with one attached hydrogen (secondary N) is 1. The summed E-state index contributed by atoms with van der Waals surface area (Å²) in [6.45, 7) is 0. The molecule has 3 rings (SSSR count). The number of benzene rings is 1. The van der Waals surface area contributed by atoms with Crippen LogP contribution < -0.4 is 5.32 Å². The molecule has 1 aromatic heterocycles. The Morgan fingerprint density at radius 3 is 2.94 bits per heavy atom. The highest BCUT2D eigenvalue weighted by Gasteiger charge is 2.18. The van der Waals surface area contributed by atoms with Crippen molar-refractivity contribution in [1.82, 2.24) is 14.9 Å². The molecule has 0 saturated heterocycles. The molecule has 1 N–H and O–H groups in total. The zero-order chi connectivity index (χ0) is 12.5. The number of carbonyl (C=O) groups excluding carboxylic acids is 1. The average Bonchev–Trinajstić information content (AvgIpc) is 3.00. The largest absolute Gasteiger partial charge is 0.349 e. The van der Waals surface area contributed by atoms with Gasteiger partial charge in [0.15, 0.2) is 0 Å². The Bertz CT molecular complexity index is 582. The van der Waals surface area contributed by atoms with E-state index in [4.69, 9.17) is 0 Å². The number of hydrogen-bond donors (Lipinski definition) is 1. The van der Waals surface area contributed by atoms with Crippen LogP contribution in [0.3, 0.4) is 0 Å². The van der Waals surface area contributed by atoms with Gasteiger partial charge in [0.25, 0.3) is 5.91 Å². The van der Waals surface area contributed by atoms with E-state index < -0.39 is 0 Å². The fraction of sp³-hybridized carbons (Fsp3) is 0.429. The summed E-state index contributed by atoms with van der Waals surface area (Å²) >= 11 is 0. The molecule has 18 heavy (non-hydrogen) atoms. The molecule has 1 aliphatic rings. The van der Waals surface area contributed by atoms with Gasteiger partial charge in [-0.2, -0.15) is 0 Å². The first-order chi connectivity index (χ1) is 8.74. The lowest BCUT2D eigenvalue weighted by Gasteiger charge is -2.11. The quantitative estimate of drug-likeness (QED) is 0.879. The second-order valence-corrected chi connectivity index (χ2v) is 5.01. The molecule has 1 amide bonds. The molecule has 0 unspecified atom stereocenters. The number of imidazole rings is 1. The van der Waals surface area contributed by atoms with E-state index in [9.17, 15) is 4.79 Å². The van der Waals surface area contributed by atoms with Gasteiger partial charge in [-0.15, -0.1) is 0 Å². The van der Waals surface area contributed by atoms with Crippen LogP contribution in [0.5, 0.6) is 0 Å². The predicted molar refractivity (Wildman–Crippen MR) is 70.4 cm³/mol. The van der Waals surface area contributed by atoms with Crippen molar-refractivity contribution in [3.8, 4) is 0 Å². The highest BCUT2D eigenvalue weighted by molar-refractivity contribution is 5.97. The summed E-state index contributed by atoms with van der Waals surface area (Å²) in [5, 5.41) is 3.10. The zero-order valence-corrected chi connectivity index (χ0v) is 10.5. The van der Waals surface area contributed by atoms with Gasteiger partial charge in [-0.3, -0.25) is 4.79 Å². The summed E-state index contributed by atoms with van der Waals surface area (Å²) < 4.78 is 1.93. The van der Waals surface area contributed by atoms with Gasteiger partial charge in [-0.25, -0.2) is 4.98 Å². The predicted octanol–water partition coefficient (Wildman–Crippen LogP) is 2.25. The van der Waals surface area contributed by atoms with Gasteiger partial charge < -0.3 is 9.88 Å². The summed E-state index contributed by atoms with van der Waals surface area (Å²) in [6.07, 6.45) is 6.44. The van der Waals surface area contributed by atoms with Gasteiger partial charge in [0.2, 0.25) is 0 Å². The molecule has 0 atom stereocenters. The zero-order valence-electron chi connectivity index (χ0n) is 10.5. The molecular weight excluding hydrogens is 226 g/mol. The van der Waals surface area contributed by atoms with Gasteiger partial charge >= 0.3 is 0 Å². The van der Waals surface area contributed by atoms with Crippen molar-refractivity contribution in [2.24, 2.45) is 7.05 Å². The fourth-order valence-corrected chi connectivity index (χ4v) is 2.61. The van der Waals surface area contributed by atoms with Crippen molar-refractivity contribution in [1.29, 1.82) is 0 Å². The van der Waals surface area contributed by atoms with E-state index in [1.54, 1.807) is 6.33 Å². The third kappa shape index (κ3) is 1.98. The Hall–Kier alpha value is -1.84. The summed E-state index contributed by atoms with van der Waals surface area (Å²) in [5.74, 6) is 0.0324. The van der Waals surface area contributed by atoms with Crippen LogP contribution in [0.2, 0.25) is 0 Å². The van der Waals surface area contributed by atoms with Crippen LogP contribution in [0.15, 0.2) is 24.5 Å². The smallest absolute Gasteiger partial charge is 0.251 e. The monoisotopic (exact) mass is 243 g/mol. The second kappa shape index (κ2) is 4.44. The highest BCUT2D eigenvalue weighted by Crippen LogP contribution is 2.19. The Morgan fingerprint density at radius 1 is 1.39 bits per heavy atom. The minimum absolute atomic E-state index is 0.0324. The Balaban J connectivity index is 1.84. The maximum atomic E-state index is 12.1. The lowest BCUT2D eigenvalue weighted by molar-refractivity contribution is 0.0938. The van der Waals surface area contributed by atoms with Gasteiger partial charge in [0.05, 0.1) is 17.4 Å². The third-order valence-corrected chi connectivity index (χ3v) is 3.68. The van der Waals surface area contributed by atoms with E-state index in [-0.39, 0.29) is 5.91 Å². The molecule has 1 heterocycles. The molecule has 0 spiro atoms. The molecule has 1 saturated carbocycles. The Morgan fingerprint density at radius 2 is 2.17 bits per heavy atom. The van der Waals surface area contributed by atoms with Gasteiger partial charge in [0, 0.05) is 18.7 Å². The molecule has 0 radical (unpaired) electrons. The maximum Gasteiger partial charge on any atom is 0.251 e. The fourth-order valence-electron chi connectivity index (χ4n) is 2.61. The number of carbonyl (C=O) groups is 1. The highest BCUT2D eigenvalue weighted by atomic mass is 16.1. The molecule has 94 valence electrons. The van der Waals surface area contributed by atoms with E-state index >= 15 is 0 Å². The topological polar surface area (TPSA) is 46.9 Å². The van der Waals surface area contributed by atoms with Gasteiger partial charge in [0.1, 0.15) is 0 Å². The molecule has 1 fully saturated rings. The van der Waals surface area contributed by atoms with Crippen LogP contribution in [0.25, 0.3) is 11.0 Å². The van der Waals surface area contributed by atoms with Crippen molar-refractivity contribution in [2.75, 3.05) is 0 Å². The SMILES string of the molecule is Cn1cnc2ccc(C(=O)NC3CCCC3)cc21. The lowest BCUT2D eigenvalue weighted by Crippen LogP contribution is -2.32. The first-order valence-electron chi connectivity index (χ1n) is 6.46. The van der Waals surface area contributed by atoms with Gasteiger partial charge in [-0.1, -0.05) is 12.8 Å². The molecule has 0 aliphatic heterocycles. The third-order valence-electron chi connectivity index (χ3n) is 3.68. The normalized spacial score (nSPS) is 16.3. The summed E-state index contributed by atoms with van der Waals surface area (Å²) in [5.41, 5.74) is 2.64. The number of nitrogens with zero attached hydrogens (tertiary/aromatic N) is 2. The lowest BCUT2D eigenvalue weighted by atomic mass is 10.1. The van der Waals surface area contributed by atoms with Crippen molar-refractivity contribution < 1.29 is 4.79 Å². The van der Waals surface area contributed by atoms with Crippen molar-refractivity contribution >= 4 is 16.9 Å². The second-order valence-electron chi connectivity index (χ2n) is 5.01. The number of amides is 1. The molecule has 4 heteroatoms. The number of aryl methyl sites for hydroxylation is 1. The molecule has 4 nitrogen and oxygen atoms in total. The van der Waals surface area contributed by atoms with Crippen molar-refractivity contribution in [3.63, 3.8) is 0 Å².